The number of aliphatic hydroxyl groups excluding tert-OH is 1. The Hall–Kier alpha value is -1.80. The minimum atomic E-state index is -1.09. The molecular weight excluding hydrogens is 303 g/mol. The summed E-state index contributed by atoms with van der Waals surface area (Å²) in [5.41, 5.74) is 6.42. The molecule has 0 spiro atoms. The van der Waals surface area contributed by atoms with Crippen LogP contribution in [0.15, 0.2) is 24.4 Å². The van der Waals surface area contributed by atoms with E-state index in [0.29, 0.717) is 29.9 Å². The molecule has 1 aromatic heterocycles. The van der Waals surface area contributed by atoms with E-state index in [-0.39, 0.29) is 18.0 Å². The Kier molecular flexibility index (Phi) is 4.72. The molecule has 0 aliphatic carbocycles. The van der Waals surface area contributed by atoms with Crippen molar-refractivity contribution in [2.24, 2.45) is 5.73 Å². The highest BCUT2D eigenvalue weighted by molar-refractivity contribution is 5.84. The van der Waals surface area contributed by atoms with Crippen LogP contribution in [-0.2, 0) is 9.47 Å². The highest BCUT2D eigenvalue weighted by atomic mass is 19.1. The van der Waals surface area contributed by atoms with Gasteiger partial charge >= 0.3 is 0 Å². The lowest BCUT2D eigenvalue weighted by Gasteiger charge is -2.29. The molecule has 3 N–H and O–H groups in total. The number of aromatic nitrogens is 1. The summed E-state index contributed by atoms with van der Waals surface area (Å²) in [6.07, 6.45) is -0.490. The molecule has 1 aromatic carbocycles. The molecule has 1 fully saturated rings. The molecule has 0 saturated carbocycles. The highest BCUT2D eigenvalue weighted by Crippen LogP contribution is 2.31. The molecule has 1 aliphatic heterocycles. The van der Waals surface area contributed by atoms with Gasteiger partial charge in [0.15, 0.2) is 6.29 Å². The van der Waals surface area contributed by atoms with Crippen molar-refractivity contribution >= 4 is 10.9 Å². The number of nitrogens with two attached hydrogens (primary N) is 1. The largest absolute Gasteiger partial charge is 0.497 e. The van der Waals surface area contributed by atoms with Crippen molar-refractivity contribution in [3.63, 3.8) is 0 Å². The van der Waals surface area contributed by atoms with Crippen molar-refractivity contribution in [1.82, 2.24) is 4.98 Å². The molecule has 7 heteroatoms. The van der Waals surface area contributed by atoms with Crippen molar-refractivity contribution < 1.29 is 23.7 Å². The van der Waals surface area contributed by atoms with Gasteiger partial charge < -0.3 is 25.1 Å². The van der Waals surface area contributed by atoms with E-state index in [4.69, 9.17) is 19.9 Å². The Morgan fingerprint density at radius 1 is 1.43 bits per heavy atom. The minimum absolute atomic E-state index is 0.111. The number of pyridine rings is 1. The van der Waals surface area contributed by atoms with Crippen LogP contribution in [0.2, 0.25) is 0 Å². The maximum absolute atomic E-state index is 14.3. The predicted molar refractivity (Wildman–Crippen MR) is 81.5 cm³/mol. The van der Waals surface area contributed by atoms with Crippen LogP contribution in [0.5, 0.6) is 5.75 Å². The third-order valence-corrected chi connectivity index (χ3v) is 3.81. The van der Waals surface area contributed by atoms with Gasteiger partial charge in [0.25, 0.3) is 0 Å². The zero-order valence-electron chi connectivity index (χ0n) is 12.7. The lowest BCUT2D eigenvalue weighted by molar-refractivity contribution is -0.197. The SMILES string of the molecule is COc1ccc2ncc(F)c([C@@H](O)CC3OCC(N)CO3)c2c1. The summed E-state index contributed by atoms with van der Waals surface area (Å²) >= 11 is 0. The fourth-order valence-electron chi connectivity index (χ4n) is 2.63. The Morgan fingerprint density at radius 3 is 2.87 bits per heavy atom. The smallest absolute Gasteiger partial charge is 0.160 e. The van der Waals surface area contributed by atoms with Gasteiger partial charge in [-0.15, -0.1) is 0 Å². The topological polar surface area (TPSA) is 86.8 Å². The Bertz CT molecular complexity index is 689. The van der Waals surface area contributed by atoms with Gasteiger partial charge in [0.05, 0.1) is 44.2 Å². The fraction of sp³-hybridized carbons (Fsp3) is 0.438. The number of halogens is 1. The van der Waals surface area contributed by atoms with Gasteiger partial charge in [-0.1, -0.05) is 0 Å². The molecule has 1 aliphatic rings. The first-order valence-corrected chi connectivity index (χ1v) is 7.37. The van der Waals surface area contributed by atoms with Crippen LogP contribution in [0.1, 0.15) is 18.1 Å². The second-order valence-corrected chi connectivity index (χ2v) is 5.51. The molecule has 2 aromatic rings. The molecule has 1 atom stereocenters. The number of benzene rings is 1. The predicted octanol–water partition coefficient (Wildman–Crippen LogP) is 1.51. The molecule has 2 heterocycles. The van der Waals surface area contributed by atoms with Crippen LogP contribution in [0.4, 0.5) is 4.39 Å². The van der Waals surface area contributed by atoms with Crippen LogP contribution < -0.4 is 10.5 Å². The average molecular weight is 322 g/mol. The number of rotatable bonds is 4. The van der Waals surface area contributed by atoms with Gasteiger partial charge in [0.1, 0.15) is 11.6 Å². The van der Waals surface area contributed by atoms with E-state index in [1.54, 1.807) is 18.2 Å². The van der Waals surface area contributed by atoms with Gasteiger partial charge in [-0.25, -0.2) is 4.39 Å². The molecular formula is C16H19FN2O4. The van der Waals surface area contributed by atoms with Gasteiger partial charge in [-0.3, -0.25) is 4.98 Å². The standard InChI is InChI=1S/C16H19FN2O4/c1-21-10-2-3-13-11(4-10)16(12(17)6-19-13)14(20)5-15-22-7-9(18)8-23-15/h2-4,6,9,14-15,20H,5,7-8,18H2,1H3/t9?,14-,15?/m0/s1. The molecule has 6 nitrogen and oxygen atoms in total. The number of hydrogen-bond donors (Lipinski definition) is 2. The average Bonchev–Trinajstić information content (AvgIpc) is 2.56. The van der Waals surface area contributed by atoms with E-state index < -0.39 is 18.2 Å². The molecule has 23 heavy (non-hydrogen) atoms. The summed E-state index contributed by atoms with van der Waals surface area (Å²) in [6, 6.07) is 4.93. The highest BCUT2D eigenvalue weighted by Gasteiger charge is 2.26. The maximum Gasteiger partial charge on any atom is 0.160 e. The molecule has 0 bridgehead atoms. The van der Waals surface area contributed by atoms with Crippen molar-refractivity contribution in [3.05, 3.63) is 35.8 Å². The first-order valence-electron chi connectivity index (χ1n) is 7.37. The summed E-state index contributed by atoms with van der Waals surface area (Å²) in [4.78, 5) is 4.04. The van der Waals surface area contributed by atoms with Gasteiger partial charge in [-0.05, 0) is 18.2 Å². The van der Waals surface area contributed by atoms with Crippen LogP contribution in [0.25, 0.3) is 10.9 Å². The monoisotopic (exact) mass is 322 g/mol. The fourth-order valence-corrected chi connectivity index (χ4v) is 2.63. The Balaban J connectivity index is 1.89. The van der Waals surface area contributed by atoms with E-state index in [1.807, 2.05) is 0 Å². The molecule has 3 rings (SSSR count). The number of ether oxygens (including phenoxy) is 3. The second-order valence-electron chi connectivity index (χ2n) is 5.51. The molecule has 0 radical (unpaired) electrons. The van der Waals surface area contributed by atoms with Gasteiger partial charge in [0.2, 0.25) is 0 Å². The number of nitrogens with zero attached hydrogens (tertiary/aromatic N) is 1. The third kappa shape index (κ3) is 3.42. The normalized spacial score (nSPS) is 23.0. The lowest BCUT2D eigenvalue weighted by atomic mass is 10.0. The Morgan fingerprint density at radius 2 is 2.17 bits per heavy atom. The zero-order valence-corrected chi connectivity index (χ0v) is 12.7. The minimum Gasteiger partial charge on any atom is -0.497 e. The lowest BCUT2D eigenvalue weighted by Crippen LogP contribution is -2.41. The summed E-state index contributed by atoms with van der Waals surface area (Å²) in [5, 5.41) is 11.0. The summed E-state index contributed by atoms with van der Waals surface area (Å²) in [6.45, 7) is 0.704. The zero-order chi connectivity index (χ0) is 16.4. The van der Waals surface area contributed by atoms with Gasteiger partial charge in [0, 0.05) is 17.4 Å². The quantitative estimate of drug-likeness (QED) is 0.887. The van der Waals surface area contributed by atoms with Crippen molar-refractivity contribution in [2.45, 2.75) is 24.9 Å². The summed E-state index contributed by atoms with van der Waals surface area (Å²) < 4.78 is 30.2. The first-order chi connectivity index (χ1) is 11.1. The van der Waals surface area contributed by atoms with Crippen LogP contribution in [-0.4, -0.2) is 42.7 Å². The van der Waals surface area contributed by atoms with Crippen molar-refractivity contribution in [1.29, 1.82) is 0 Å². The van der Waals surface area contributed by atoms with E-state index in [9.17, 15) is 9.50 Å². The molecule has 0 amide bonds. The Labute approximate surface area is 133 Å². The van der Waals surface area contributed by atoms with E-state index in [1.165, 1.54) is 7.11 Å². The number of hydrogen-bond acceptors (Lipinski definition) is 6. The first kappa shape index (κ1) is 16.1. The van der Waals surface area contributed by atoms with E-state index in [2.05, 4.69) is 4.98 Å². The molecule has 124 valence electrons. The summed E-state index contributed by atoms with van der Waals surface area (Å²) in [5.74, 6) is -0.0137. The third-order valence-electron chi connectivity index (χ3n) is 3.81. The van der Waals surface area contributed by atoms with Crippen LogP contribution in [0.3, 0.4) is 0 Å². The van der Waals surface area contributed by atoms with Gasteiger partial charge in [-0.2, -0.15) is 0 Å². The van der Waals surface area contributed by atoms with Crippen molar-refractivity contribution in [3.8, 4) is 5.75 Å². The maximum atomic E-state index is 14.3. The number of methoxy groups -OCH3 is 1. The molecule has 1 saturated heterocycles. The molecule has 0 unspecified atom stereocenters. The van der Waals surface area contributed by atoms with Crippen LogP contribution >= 0.6 is 0 Å². The second kappa shape index (κ2) is 6.76. The van der Waals surface area contributed by atoms with E-state index >= 15 is 0 Å². The summed E-state index contributed by atoms with van der Waals surface area (Å²) in [7, 11) is 1.52. The van der Waals surface area contributed by atoms with Crippen LogP contribution in [0, 0.1) is 5.82 Å². The van der Waals surface area contributed by atoms with Crippen molar-refractivity contribution in [2.75, 3.05) is 20.3 Å². The number of fused-ring (bicyclic) bond motifs is 1. The number of aliphatic hydroxyl groups is 1. The van der Waals surface area contributed by atoms with E-state index in [0.717, 1.165) is 6.20 Å².